The lowest BCUT2D eigenvalue weighted by Gasteiger charge is -2.16. The van der Waals surface area contributed by atoms with E-state index in [2.05, 4.69) is 37.1 Å². The third-order valence-corrected chi connectivity index (χ3v) is 4.35. The minimum Gasteiger partial charge on any atom is -0.330 e. The first kappa shape index (κ1) is 13.9. The van der Waals surface area contributed by atoms with E-state index >= 15 is 0 Å². The first-order valence-electron chi connectivity index (χ1n) is 6.79. The summed E-state index contributed by atoms with van der Waals surface area (Å²) in [6.07, 6.45) is 2.23. The summed E-state index contributed by atoms with van der Waals surface area (Å²) in [5, 5.41) is 0.927. The zero-order chi connectivity index (χ0) is 13.1. The molecule has 1 fully saturated rings. The Balaban J connectivity index is 2.15. The molecule has 0 spiro atoms. The van der Waals surface area contributed by atoms with Gasteiger partial charge in [-0.15, -0.1) is 0 Å². The number of benzene rings is 1. The van der Waals surface area contributed by atoms with Crippen molar-refractivity contribution in [1.29, 1.82) is 0 Å². The molecule has 2 N–H and O–H groups in total. The van der Waals surface area contributed by atoms with E-state index in [9.17, 15) is 0 Å². The van der Waals surface area contributed by atoms with Crippen molar-refractivity contribution in [2.45, 2.75) is 31.6 Å². The average molecular weight is 267 g/mol. The highest BCUT2D eigenvalue weighted by atomic mass is 35.5. The van der Waals surface area contributed by atoms with Crippen molar-refractivity contribution >= 4 is 11.6 Å². The van der Waals surface area contributed by atoms with Crippen molar-refractivity contribution in [3.8, 4) is 0 Å². The fraction of sp³-hybridized carbons (Fsp3) is 0.600. The van der Waals surface area contributed by atoms with Crippen LogP contribution < -0.4 is 5.73 Å². The second-order valence-corrected chi connectivity index (χ2v) is 5.91. The van der Waals surface area contributed by atoms with Gasteiger partial charge in [0.15, 0.2) is 0 Å². The van der Waals surface area contributed by atoms with Crippen molar-refractivity contribution in [3.63, 3.8) is 0 Å². The Morgan fingerprint density at radius 2 is 2.28 bits per heavy atom. The predicted octanol–water partition coefficient (Wildman–Crippen LogP) is 3.21. The number of likely N-dealkylation sites (N-methyl/N-ethyl adjacent to an activating group) is 1. The first-order chi connectivity index (χ1) is 8.61. The number of hydrogen-bond donors (Lipinski definition) is 1. The highest BCUT2D eigenvalue weighted by Crippen LogP contribution is 2.33. The first-order valence-corrected chi connectivity index (χ1v) is 7.17. The van der Waals surface area contributed by atoms with Gasteiger partial charge in [-0.3, -0.25) is 0 Å². The second kappa shape index (κ2) is 6.05. The standard InChI is InChI=1S/C15H23ClN2/c1-11(5-7-17)12-3-4-14(15(16)9-12)13-6-8-18(2)10-13/h3-4,9,11,13H,5-8,10,17H2,1-2H3. The van der Waals surface area contributed by atoms with Gasteiger partial charge in [-0.1, -0.05) is 30.7 Å². The molecule has 2 atom stereocenters. The van der Waals surface area contributed by atoms with E-state index in [1.165, 1.54) is 24.1 Å². The van der Waals surface area contributed by atoms with Crippen LogP contribution >= 0.6 is 11.6 Å². The lowest BCUT2D eigenvalue weighted by molar-refractivity contribution is 0.411. The van der Waals surface area contributed by atoms with Gasteiger partial charge < -0.3 is 10.6 Å². The summed E-state index contributed by atoms with van der Waals surface area (Å²) >= 11 is 6.45. The van der Waals surface area contributed by atoms with Crippen LogP contribution in [0, 0.1) is 0 Å². The molecule has 2 rings (SSSR count). The van der Waals surface area contributed by atoms with Crippen molar-refractivity contribution in [2.75, 3.05) is 26.7 Å². The molecule has 0 radical (unpaired) electrons. The van der Waals surface area contributed by atoms with E-state index in [0.29, 0.717) is 11.8 Å². The number of nitrogens with zero attached hydrogens (tertiary/aromatic N) is 1. The van der Waals surface area contributed by atoms with Gasteiger partial charge >= 0.3 is 0 Å². The second-order valence-electron chi connectivity index (χ2n) is 5.51. The van der Waals surface area contributed by atoms with E-state index in [0.717, 1.165) is 24.5 Å². The number of hydrogen-bond acceptors (Lipinski definition) is 2. The number of nitrogens with two attached hydrogens (primary N) is 1. The zero-order valence-electron chi connectivity index (χ0n) is 11.3. The highest BCUT2D eigenvalue weighted by Gasteiger charge is 2.23. The third-order valence-electron chi connectivity index (χ3n) is 4.02. The normalized spacial score (nSPS) is 22.3. The van der Waals surface area contributed by atoms with Gasteiger partial charge in [0.05, 0.1) is 0 Å². The quantitative estimate of drug-likeness (QED) is 0.907. The molecule has 1 saturated heterocycles. The van der Waals surface area contributed by atoms with Crippen LogP contribution in [-0.4, -0.2) is 31.6 Å². The Morgan fingerprint density at radius 1 is 1.50 bits per heavy atom. The molecular weight excluding hydrogens is 244 g/mol. The van der Waals surface area contributed by atoms with Gasteiger partial charge in [-0.2, -0.15) is 0 Å². The number of halogens is 1. The van der Waals surface area contributed by atoms with E-state index < -0.39 is 0 Å². The molecule has 100 valence electrons. The lowest BCUT2D eigenvalue weighted by atomic mass is 9.92. The average Bonchev–Trinajstić information content (AvgIpc) is 2.76. The summed E-state index contributed by atoms with van der Waals surface area (Å²) in [5.74, 6) is 1.09. The minimum atomic E-state index is 0.493. The smallest absolute Gasteiger partial charge is 0.0444 e. The van der Waals surface area contributed by atoms with Crippen LogP contribution in [0.5, 0.6) is 0 Å². The van der Waals surface area contributed by atoms with Crippen LogP contribution in [0.25, 0.3) is 0 Å². The van der Waals surface area contributed by atoms with Crippen LogP contribution in [0.1, 0.15) is 42.7 Å². The van der Waals surface area contributed by atoms with Crippen molar-refractivity contribution in [3.05, 3.63) is 34.3 Å². The summed E-state index contributed by atoms with van der Waals surface area (Å²) in [7, 11) is 2.17. The minimum absolute atomic E-state index is 0.493. The number of likely N-dealkylation sites (tertiary alicyclic amines) is 1. The summed E-state index contributed by atoms with van der Waals surface area (Å²) < 4.78 is 0. The van der Waals surface area contributed by atoms with Crippen LogP contribution in [0.4, 0.5) is 0 Å². The molecule has 0 saturated carbocycles. The van der Waals surface area contributed by atoms with Crippen LogP contribution in [-0.2, 0) is 0 Å². The maximum atomic E-state index is 6.45. The summed E-state index contributed by atoms with van der Waals surface area (Å²) in [4.78, 5) is 2.37. The summed E-state index contributed by atoms with van der Waals surface area (Å²) in [6, 6.07) is 6.57. The fourth-order valence-electron chi connectivity index (χ4n) is 2.79. The molecule has 1 aromatic carbocycles. The van der Waals surface area contributed by atoms with E-state index in [1.54, 1.807) is 0 Å². The van der Waals surface area contributed by atoms with Gasteiger partial charge in [-0.05, 0) is 62.0 Å². The molecule has 0 aromatic heterocycles. The molecule has 0 amide bonds. The Kier molecular flexibility index (Phi) is 4.66. The van der Waals surface area contributed by atoms with Crippen LogP contribution in [0.15, 0.2) is 18.2 Å². The molecule has 2 nitrogen and oxygen atoms in total. The number of rotatable bonds is 4. The molecule has 0 bridgehead atoms. The van der Waals surface area contributed by atoms with Crippen LogP contribution in [0.3, 0.4) is 0 Å². The van der Waals surface area contributed by atoms with Crippen molar-refractivity contribution < 1.29 is 0 Å². The van der Waals surface area contributed by atoms with E-state index in [-0.39, 0.29) is 0 Å². The third kappa shape index (κ3) is 3.05. The van der Waals surface area contributed by atoms with Crippen LogP contribution in [0.2, 0.25) is 5.02 Å². The van der Waals surface area contributed by atoms with E-state index in [1.807, 2.05) is 0 Å². The monoisotopic (exact) mass is 266 g/mol. The Morgan fingerprint density at radius 3 is 2.83 bits per heavy atom. The highest BCUT2D eigenvalue weighted by molar-refractivity contribution is 6.31. The van der Waals surface area contributed by atoms with Gasteiger partial charge in [0, 0.05) is 11.6 Å². The topological polar surface area (TPSA) is 29.3 Å². The molecular formula is C15H23ClN2. The van der Waals surface area contributed by atoms with E-state index in [4.69, 9.17) is 17.3 Å². The van der Waals surface area contributed by atoms with Gasteiger partial charge in [0.1, 0.15) is 0 Å². The summed E-state index contributed by atoms with van der Waals surface area (Å²) in [6.45, 7) is 5.24. The zero-order valence-corrected chi connectivity index (χ0v) is 12.1. The lowest BCUT2D eigenvalue weighted by Crippen LogP contribution is -2.13. The van der Waals surface area contributed by atoms with Crippen molar-refractivity contribution in [2.24, 2.45) is 5.73 Å². The fourth-order valence-corrected chi connectivity index (χ4v) is 3.13. The maximum absolute atomic E-state index is 6.45. The van der Waals surface area contributed by atoms with Gasteiger partial charge in [0.25, 0.3) is 0 Å². The SMILES string of the molecule is CC(CCN)c1ccc(C2CCN(C)C2)c(Cl)c1. The molecule has 0 aliphatic carbocycles. The summed E-state index contributed by atoms with van der Waals surface area (Å²) in [5.41, 5.74) is 8.23. The molecule has 3 heteroatoms. The maximum Gasteiger partial charge on any atom is 0.0444 e. The molecule has 2 unspecified atom stereocenters. The molecule has 1 aliphatic heterocycles. The largest absolute Gasteiger partial charge is 0.330 e. The molecule has 1 aromatic rings. The Labute approximate surface area is 115 Å². The van der Waals surface area contributed by atoms with Gasteiger partial charge in [0.2, 0.25) is 0 Å². The molecule has 1 heterocycles. The Bertz CT molecular complexity index is 405. The predicted molar refractivity (Wildman–Crippen MR) is 78.4 cm³/mol. The Hall–Kier alpha value is -0.570. The van der Waals surface area contributed by atoms with Gasteiger partial charge in [-0.25, -0.2) is 0 Å². The van der Waals surface area contributed by atoms with Crippen molar-refractivity contribution in [1.82, 2.24) is 4.90 Å². The molecule has 1 aliphatic rings. The molecule has 18 heavy (non-hydrogen) atoms.